The van der Waals surface area contributed by atoms with Crippen LogP contribution in [-0.2, 0) is 11.4 Å². The molecule has 0 fully saturated rings. The van der Waals surface area contributed by atoms with Crippen molar-refractivity contribution in [3.05, 3.63) is 76.7 Å². The van der Waals surface area contributed by atoms with Crippen LogP contribution in [0.4, 0.5) is 5.69 Å². The molecule has 1 unspecified atom stereocenters. The number of aromatic nitrogens is 1. The molecule has 0 saturated carbocycles. The molecule has 1 atom stereocenters. The third-order valence-electron chi connectivity index (χ3n) is 3.62. The van der Waals surface area contributed by atoms with E-state index in [0.717, 1.165) is 16.1 Å². The van der Waals surface area contributed by atoms with Gasteiger partial charge < -0.3 is 10.1 Å². The van der Waals surface area contributed by atoms with Gasteiger partial charge in [-0.3, -0.25) is 9.78 Å². The van der Waals surface area contributed by atoms with Gasteiger partial charge in [-0.2, -0.15) is 0 Å². The summed E-state index contributed by atoms with van der Waals surface area (Å²) in [6.45, 7) is 2.37. The highest BCUT2D eigenvalue weighted by atomic mass is 32.1. The quantitative estimate of drug-likeness (QED) is 0.722. The number of nitrogens with one attached hydrogen (secondary N) is 1. The van der Waals surface area contributed by atoms with Crippen molar-refractivity contribution in [3.8, 4) is 5.75 Å². The van der Waals surface area contributed by atoms with E-state index in [1.807, 2.05) is 60.8 Å². The minimum atomic E-state index is -0.175. The summed E-state index contributed by atoms with van der Waals surface area (Å²) in [6, 6.07) is 15.2. The lowest BCUT2D eigenvalue weighted by molar-refractivity contribution is -0.117. The number of amides is 1. The van der Waals surface area contributed by atoms with Crippen LogP contribution < -0.4 is 10.1 Å². The number of hydrogen-bond acceptors (Lipinski definition) is 4. The number of ether oxygens (including phenoxy) is 1. The van der Waals surface area contributed by atoms with Gasteiger partial charge in [0.2, 0.25) is 5.91 Å². The maximum atomic E-state index is 12.3. The van der Waals surface area contributed by atoms with Crippen molar-refractivity contribution in [2.24, 2.45) is 0 Å². The molecule has 122 valence electrons. The van der Waals surface area contributed by atoms with Crippen LogP contribution >= 0.6 is 11.3 Å². The van der Waals surface area contributed by atoms with Gasteiger partial charge in [-0.25, -0.2) is 0 Å². The predicted octanol–water partition coefficient (Wildman–Crippen LogP) is 4.46. The van der Waals surface area contributed by atoms with Gasteiger partial charge in [0.25, 0.3) is 0 Å². The maximum Gasteiger partial charge on any atom is 0.232 e. The first-order chi connectivity index (χ1) is 11.7. The zero-order valence-corrected chi connectivity index (χ0v) is 14.1. The molecule has 1 N–H and O–H groups in total. The first-order valence-electron chi connectivity index (χ1n) is 7.68. The molecule has 0 saturated heterocycles. The predicted molar refractivity (Wildman–Crippen MR) is 96.4 cm³/mol. The van der Waals surface area contributed by atoms with Crippen LogP contribution in [0.5, 0.6) is 5.75 Å². The van der Waals surface area contributed by atoms with E-state index in [-0.39, 0.29) is 11.8 Å². The van der Waals surface area contributed by atoms with E-state index in [1.54, 1.807) is 23.7 Å². The van der Waals surface area contributed by atoms with Gasteiger partial charge in [-0.1, -0.05) is 12.1 Å². The molecule has 0 spiro atoms. The molecule has 3 rings (SSSR count). The second-order valence-corrected chi connectivity index (χ2v) is 6.38. The Morgan fingerprint density at radius 2 is 2.04 bits per heavy atom. The summed E-state index contributed by atoms with van der Waals surface area (Å²) in [5.74, 6) is 0.517. The normalized spacial score (nSPS) is 11.7. The highest BCUT2D eigenvalue weighted by Gasteiger charge is 2.16. The van der Waals surface area contributed by atoms with Crippen LogP contribution in [0.25, 0.3) is 0 Å². The Kier molecular flexibility index (Phi) is 5.23. The number of carbonyl (C=O) groups is 1. The van der Waals surface area contributed by atoms with Crippen molar-refractivity contribution >= 4 is 22.9 Å². The fraction of sp³-hybridized carbons (Fsp3) is 0.158. The van der Waals surface area contributed by atoms with Gasteiger partial charge in [0.1, 0.15) is 12.4 Å². The Labute approximate surface area is 145 Å². The molecule has 1 amide bonds. The molecule has 0 bridgehead atoms. The molecule has 24 heavy (non-hydrogen) atoms. The highest BCUT2D eigenvalue weighted by molar-refractivity contribution is 7.10. The largest absolute Gasteiger partial charge is 0.489 e. The number of pyridine rings is 1. The molecule has 4 nitrogen and oxygen atoms in total. The summed E-state index contributed by atoms with van der Waals surface area (Å²) in [7, 11) is 0. The van der Waals surface area contributed by atoms with Gasteiger partial charge in [0.05, 0.1) is 5.92 Å². The Balaban J connectivity index is 1.61. The lowest BCUT2D eigenvalue weighted by Crippen LogP contribution is -2.18. The molecule has 2 aromatic heterocycles. The smallest absolute Gasteiger partial charge is 0.232 e. The molecule has 0 aliphatic carbocycles. The molecule has 0 aliphatic heterocycles. The van der Waals surface area contributed by atoms with E-state index in [1.165, 1.54) is 0 Å². The summed E-state index contributed by atoms with van der Waals surface area (Å²) < 4.78 is 5.77. The minimum absolute atomic E-state index is 0.0243. The lowest BCUT2D eigenvalue weighted by atomic mass is 10.1. The first-order valence-corrected chi connectivity index (χ1v) is 8.56. The van der Waals surface area contributed by atoms with Gasteiger partial charge in [0, 0.05) is 29.0 Å². The molecule has 0 aliphatic rings. The minimum Gasteiger partial charge on any atom is -0.489 e. The van der Waals surface area contributed by atoms with E-state index in [0.29, 0.717) is 12.4 Å². The monoisotopic (exact) mass is 338 g/mol. The van der Waals surface area contributed by atoms with Crippen molar-refractivity contribution < 1.29 is 9.53 Å². The summed E-state index contributed by atoms with van der Waals surface area (Å²) >= 11 is 1.59. The van der Waals surface area contributed by atoms with Crippen molar-refractivity contribution in [3.63, 3.8) is 0 Å². The fourth-order valence-corrected chi connectivity index (χ4v) is 3.01. The van der Waals surface area contributed by atoms with Crippen LogP contribution in [0.2, 0.25) is 0 Å². The van der Waals surface area contributed by atoms with Gasteiger partial charge >= 0.3 is 0 Å². The van der Waals surface area contributed by atoms with Gasteiger partial charge in [-0.05, 0) is 48.2 Å². The number of benzene rings is 1. The Bertz CT molecular complexity index is 788. The number of thiophene rings is 1. The fourth-order valence-electron chi connectivity index (χ4n) is 2.23. The van der Waals surface area contributed by atoms with Crippen molar-refractivity contribution in [1.29, 1.82) is 0 Å². The van der Waals surface area contributed by atoms with E-state index < -0.39 is 0 Å². The topological polar surface area (TPSA) is 51.2 Å². The third-order valence-corrected chi connectivity index (χ3v) is 4.67. The van der Waals surface area contributed by atoms with Crippen LogP contribution in [-0.4, -0.2) is 10.9 Å². The average molecular weight is 338 g/mol. The summed E-state index contributed by atoms with van der Waals surface area (Å²) in [6.07, 6.45) is 3.47. The summed E-state index contributed by atoms with van der Waals surface area (Å²) in [4.78, 5) is 17.4. The number of nitrogens with zero attached hydrogens (tertiary/aromatic N) is 1. The van der Waals surface area contributed by atoms with Crippen molar-refractivity contribution in [1.82, 2.24) is 4.98 Å². The van der Waals surface area contributed by atoms with Crippen LogP contribution in [0.1, 0.15) is 23.3 Å². The molecule has 5 heteroatoms. The zero-order chi connectivity index (χ0) is 16.8. The maximum absolute atomic E-state index is 12.3. The number of hydrogen-bond donors (Lipinski definition) is 1. The van der Waals surface area contributed by atoms with E-state index >= 15 is 0 Å². The molecular weight excluding hydrogens is 320 g/mol. The molecule has 0 radical (unpaired) electrons. The van der Waals surface area contributed by atoms with E-state index in [2.05, 4.69) is 10.3 Å². The zero-order valence-electron chi connectivity index (χ0n) is 13.3. The lowest BCUT2D eigenvalue weighted by Gasteiger charge is -2.12. The Morgan fingerprint density at radius 1 is 1.21 bits per heavy atom. The third kappa shape index (κ3) is 4.20. The van der Waals surface area contributed by atoms with Gasteiger partial charge in [0.15, 0.2) is 0 Å². The van der Waals surface area contributed by atoms with Crippen LogP contribution in [0.15, 0.2) is 66.3 Å². The number of rotatable bonds is 6. The Hall–Kier alpha value is -2.66. The van der Waals surface area contributed by atoms with E-state index in [4.69, 9.17) is 4.74 Å². The van der Waals surface area contributed by atoms with Crippen molar-refractivity contribution in [2.75, 3.05) is 5.32 Å². The molecule has 2 heterocycles. The first kappa shape index (κ1) is 16.2. The molecule has 3 aromatic rings. The summed E-state index contributed by atoms with van der Waals surface area (Å²) in [5.41, 5.74) is 1.78. The number of carbonyl (C=O) groups excluding carboxylic acids is 1. The number of anilines is 1. The van der Waals surface area contributed by atoms with Gasteiger partial charge in [-0.15, -0.1) is 11.3 Å². The second kappa shape index (κ2) is 7.75. The SMILES string of the molecule is CC(C(=O)Nc1cccc(OCc2ccncc2)c1)c1cccs1. The molecule has 1 aromatic carbocycles. The highest BCUT2D eigenvalue weighted by Crippen LogP contribution is 2.24. The summed E-state index contributed by atoms with van der Waals surface area (Å²) in [5, 5.41) is 4.93. The standard InChI is InChI=1S/C19H18N2O2S/c1-14(18-6-3-11-24-18)19(22)21-16-4-2-5-17(12-16)23-13-15-7-9-20-10-8-15/h2-12,14H,13H2,1H3,(H,21,22). The van der Waals surface area contributed by atoms with Crippen molar-refractivity contribution in [2.45, 2.75) is 19.4 Å². The Morgan fingerprint density at radius 3 is 2.79 bits per heavy atom. The second-order valence-electron chi connectivity index (χ2n) is 5.40. The average Bonchev–Trinajstić information content (AvgIpc) is 3.15. The van der Waals surface area contributed by atoms with E-state index in [9.17, 15) is 4.79 Å². The van der Waals surface area contributed by atoms with Crippen LogP contribution in [0.3, 0.4) is 0 Å². The van der Waals surface area contributed by atoms with Crippen LogP contribution in [0, 0.1) is 0 Å². The molecular formula is C19H18N2O2S.